The largest absolute Gasteiger partial charge is 0.334 e. The molecule has 2 atom stereocenters. The molecule has 43 heavy (non-hydrogen) atoms. The summed E-state index contributed by atoms with van der Waals surface area (Å²) < 4.78 is 29.4. The summed E-state index contributed by atoms with van der Waals surface area (Å²) in [4.78, 5) is 18.0. The molecule has 2 unspecified atom stereocenters. The van der Waals surface area contributed by atoms with Gasteiger partial charge in [-0.15, -0.1) is 0 Å². The third-order valence-corrected chi connectivity index (χ3v) is 10.8. The molecule has 0 spiro atoms. The average Bonchev–Trinajstić information content (AvgIpc) is 2.99. The van der Waals surface area contributed by atoms with E-state index in [0.717, 1.165) is 22.4 Å². The Morgan fingerprint density at radius 3 is 2.16 bits per heavy atom. The molecule has 1 saturated heterocycles. The van der Waals surface area contributed by atoms with E-state index in [1.807, 2.05) is 71.6 Å². The number of halogens is 1. The molecule has 0 saturated carbocycles. The number of carbonyl (C=O) groups excluding carboxylic acids is 1. The lowest BCUT2D eigenvalue weighted by molar-refractivity contribution is 0.0741. The van der Waals surface area contributed by atoms with Crippen LogP contribution in [-0.2, 0) is 23.0 Å². The van der Waals surface area contributed by atoms with Crippen molar-refractivity contribution in [1.29, 1.82) is 0 Å². The summed E-state index contributed by atoms with van der Waals surface area (Å²) in [6.07, 6.45) is 1.68. The molecule has 0 aromatic heterocycles. The van der Waals surface area contributed by atoms with Crippen LogP contribution in [0.2, 0.25) is 5.02 Å². The van der Waals surface area contributed by atoms with Gasteiger partial charge in [-0.25, -0.2) is 8.42 Å². The summed E-state index contributed by atoms with van der Waals surface area (Å²) in [7, 11) is -3.79. The lowest BCUT2D eigenvalue weighted by Gasteiger charge is -2.34. The van der Waals surface area contributed by atoms with Gasteiger partial charge in [0.2, 0.25) is 10.0 Å². The molecule has 0 N–H and O–H groups in total. The first kappa shape index (κ1) is 31.3. The Hall–Kier alpha value is -3.10. The van der Waals surface area contributed by atoms with E-state index in [1.54, 1.807) is 28.6 Å². The predicted molar refractivity (Wildman–Crippen MR) is 175 cm³/mol. The number of piperidine rings is 1. The Labute approximate surface area is 264 Å². The highest BCUT2D eigenvalue weighted by Crippen LogP contribution is 2.35. The topological polar surface area (TPSA) is 57.7 Å². The van der Waals surface area contributed by atoms with Crippen LogP contribution in [0.4, 0.5) is 0 Å². The van der Waals surface area contributed by atoms with Gasteiger partial charge in [-0.3, -0.25) is 4.79 Å². The van der Waals surface area contributed by atoms with E-state index in [0.29, 0.717) is 48.1 Å². The maximum atomic E-state index is 14.5. The Kier molecular flexibility index (Phi) is 10.3. The molecule has 5 nitrogen and oxygen atoms in total. The number of sulfonamides is 1. The van der Waals surface area contributed by atoms with Gasteiger partial charge >= 0.3 is 0 Å². The van der Waals surface area contributed by atoms with Crippen molar-refractivity contribution >= 4 is 39.3 Å². The van der Waals surface area contributed by atoms with Crippen molar-refractivity contribution in [1.82, 2.24) is 9.21 Å². The summed E-state index contributed by atoms with van der Waals surface area (Å²) in [5.41, 5.74) is 2.51. The smallest absolute Gasteiger partial charge is 0.255 e. The van der Waals surface area contributed by atoms with Gasteiger partial charge in [0.1, 0.15) is 0 Å². The molecule has 1 amide bonds. The number of amides is 1. The van der Waals surface area contributed by atoms with Crippen LogP contribution in [0.5, 0.6) is 0 Å². The lowest BCUT2D eigenvalue weighted by atomic mass is 9.94. The fraction of sp³-hybridized carbons (Fsp3) is 0.286. The molecular weight excluding hydrogens is 596 g/mol. The number of benzene rings is 4. The Morgan fingerprint density at radius 1 is 0.860 bits per heavy atom. The quantitative estimate of drug-likeness (QED) is 0.178. The van der Waals surface area contributed by atoms with Crippen molar-refractivity contribution in [2.45, 2.75) is 47.9 Å². The van der Waals surface area contributed by atoms with Gasteiger partial charge in [0, 0.05) is 41.0 Å². The molecule has 0 aliphatic carbocycles. The van der Waals surface area contributed by atoms with Crippen LogP contribution in [0.25, 0.3) is 0 Å². The third kappa shape index (κ3) is 8.09. The van der Waals surface area contributed by atoms with E-state index < -0.39 is 10.0 Å². The van der Waals surface area contributed by atoms with E-state index in [9.17, 15) is 13.2 Å². The number of nitrogens with zero attached hydrogens (tertiary/aromatic N) is 2. The molecule has 1 heterocycles. The van der Waals surface area contributed by atoms with Crippen molar-refractivity contribution < 1.29 is 13.2 Å². The van der Waals surface area contributed by atoms with Crippen LogP contribution in [0.3, 0.4) is 0 Å². The normalized spacial score (nSPS) is 17.5. The van der Waals surface area contributed by atoms with Gasteiger partial charge in [0.15, 0.2) is 0 Å². The highest BCUT2D eigenvalue weighted by Gasteiger charge is 2.33. The molecule has 0 radical (unpaired) electrons. The minimum atomic E-state index is -3.79. The summed E-state index contributed by atoms with van der Waals surface area (Å²) in [5, 5.41) is 0.596. The molecule has 1 aliphatic heterocycles. The second kappa shape index (κ2) is 14.1. The number of hydrogen-bond donors (Lipinski definition) is 0. The molecule has 224 valence electrons. The van der Waals surface area contributed by atoms with Gasteiger partial charge in [-0.1, -0.05) is 104 Å². The Balaban J connectivity index is 1.54. The van der Waals surface area contributed by atoms with E-state index in [1.165, 1.54) is 11.8 Å². The minimum absolute atomic E-state index is 0.148. The van der Waals surface area contributed by atoms with Gasteiger partial charge in [-0.2, -0.15) is 4.31 Å². The zero-order valence-electron chi connectivity index (χ0n) is 24.5. The molecule has 8 heteroatoms. The second-order valence-electron chi connectivity index (χ2n) is 11.4. The van der Waals surface area contributed by atoms with E-state index in [2.05, 4.69) is 26.0 Å². The first-order valence-corrected chi connectivity index (χ1v) is 17.3. The molecule has 5 rings (SSSR count). The standard InChI is InChI=1S/C35H37ClN2O3S2/c1-26-20-27(2)24-38(23-26)43(40,41)32-16-17-34(42-31-15-9-14-30(36)21-31)33(22-32)35(39)37(25-29-12-7-4-8-13-29)19-18-28-10-5-3-6-11-28/h3-17,21-22,26-27H,18-20,23-25H2,1-2H3. The van der Waals surface area contributed by atoms with Crippen molar-refractivity contribution in [3.63, 3.8) is 0 Å². The van der Waals surface area contributed by atoms with Crippen LogP contribution in [0.1, 0.15) is 41.8 Å². The first-order valence-electron chi connectivity index (χ1n) is 14.6. The van der Waals surface area contributed by atoms with Gasteiger partial charge in [0.25, 0.3) is 5.91 Å². The average molecular weight is 633 g/mol. The molecule has 4 aromatic carbocycles. The molecule has 1 aliphatic rings. The van der Waals surface area contributed by atoms with Crippen LogP contribution >= 0.6 is 23.4 Å². The number of carbonyl (C=O) groups is 1. The lowest BCUT2D eigenvalue weighted by Crippen LogP contribution is -2.42. The van der Waals surface area contributed by atoms with Crippen LogP contribution in [0.15, 0.2) is 118 Å². The molecular formula is C35H37ClN2O3S2. The third-order valence-electron chi connectivity index (χ3n) is 7.70. The first-order chi connectivity index (χ1) is 20.7. The highest BCUT2D eigenvalue weighted by atomic mass is 35.5. The zero-order valence-corrected chi connectivity index (χ0v) is 26.9. The highest BCUT2D eigenvalue weighted by molar-refractivity contribution is 7.99. The van der Waals surface area contributed by atoms with E-state index in [-0.39, 0.29) is 22.6 Å². The van der Waals surface area contributed by atoms with Gasteiger partial charge < -0.3 is 4.90 Å². The van der Waals surface area contributed by atoms with Crippen molar-refractivity contribution in [3.05, 3.63) is 125 Å². The maximum Gasteiger partial charge on any atom is 0.255 e. The van der Waals surface area contributed by atoms with Crippen LogP contribution in [0, 0.1) is 11.8 Å². The number of rotatable bonds is 10. The Bertz CT molecular complexity index is 1640. The van der Waals surface area contributed by atoms with Crippen molar-refractivity contribution in [2.24, 2.45) is 11.8 Å². The van der Waals surface area contributed by atoms with Crippen LogP contribution in [-0.4, -0.2) is 43.2 Å². The van der Waals surface area contributed by atoms with Gasteiger partial charge in [0.05, 0.1) is 10.5 Å². The monoisotopic (exact) mass is 632 g/mol. The maximum absolute atomic E-state index is 14.5. The number of hydrogen-bond acceptors (Lipinski definition) is 4. The van der Waals surface area contributed by atoms with Crippen molar-refractivity contribution in [3.8, 4) is 0 Å². The minimum Gasteiger partial charge on any atom is -0.334 e. The zero-order chi connectivity index (χ0) is 30.4. The van der Waals surface area contributed by atoms with E-state index in [4.69, 9.17) is 11.6 Å². The molecule has 4 aromatic rings. The van der Waals surface area contributed by atoms with Gasteiger partial charge in [-0.05, 0) is 72.2 Å². The summed E-state index contributed by atoms with van der Waals surface area (Å²) in [6, 6.07) is 32.4. The summed E-state index contributed by atoms with van der Waals surface area (Å²) in [6.45, 7) is 6.03. The summed E-state index contributed by atoms with van der Waals surface area (Å²) >= 11 is 7.69. The Morgan fingerprint density at radius 2 is 1.51 bits per heavy atom. The van der Waals surface area contributed by atoms with Crippen molar-refractivity contribution in [2.75, 3.05) is 19.6 Å². The van der Waals surface area contributed by atoms with Crippen LogP contribution < -0.4 is 0 Å². The van der Waals surface area contributed by atoms with E-state index >= 15 is 0 Å². The summed E-state index contributed by atoms with van der Waals surface area (Å²) in [5.74, 6) is 0.343. The predicted octanol–water partition coefficient (Wildman–Crippen LogP) is 8.04. The SMILES string of the molecule is CC1CC(C)CN(S(=O)(=O)c2ccc(Sc3cccc(Cl)c3)c(C(=O)N(CCc3ccccc3)Cc3ccccc3)c2)C1. The molecule has 0 bridgehead atoms. The fourth-order valence-electron chi connectivity index (χ4n) is 5.67. The fourth-order valence-corrected chi connectivity index (χ4v) is 8.61. The second-order valence-corrected chi connectivity index (χ2v) is 14.9. The molecule has 1 fully saturated rings.